The van der Waals surface area contributed by atoms with Crippen LogP contribution in [0.1, 0.15) is 32.6 Å². The van der Waals surface area contributed by atoms with Crippen LogP contribution in [0.25, 0.3) is 10.2 Å². The predicted octanol–water partition coefficient (Wildman–Crippen LogP) is 4.39. The fraction of sp³-hybridized carbons (Fsp3) is 0.571. The van der Waals surface area contributed by atoms with Crippen molar-refractivity contribution < 1.29 is 0 Å². The van der Waals surface area contributed by atoms with Crippen molar-refractivity contribution in [2.75, 3.05) is 18.0 Å². The highest BCUT2D eigenvalue weighted by molar-refractivity contribution is 7.18. The summed E-state index contributed by atoms with van der Waals surface area (Å²) in [4.78, 5) is 13.4. The highest BCUT2D eigenvalue weighted by atomic mass is 35.5. The van der Waals surface area contributed by atoms with Crippen LogP contribution in [0.2, 0.25) is 5.28 Å². The minimum absolute atomic E-state index is 0.342. The van der Waals surface area contributed by atoms with E-state index in [1.807, 2.05) is 0 Å². The number of halogens is 1. The van der Waals surface area contributed by atoms with Crippen LogP contribution in [0.3, 0.4) is 0 Å². The molecule has 2 aromatic rings. The van der Waals surface area contributed by atoms with Gasteiger partial charge >= 0.3 is 0 Å². The molecule has 104 valence electrons. The minimum Gasteiger partial charge on any atom is -0.356 e. The third-order valence-electron chi connectivity index (χ3n) is 3.01. The smallest absolute Gasteiger partial charge is 0.225 e. The monoisotopic (exact) mass is 297 g/mol. The van der Waals surface area contributed by atoms with Gasteiger partial charge in [-0.2, -0.15) is 4.98 Å². The van der Waals surface area contributed by atoms with Crippen molar-refractivity contribution in [2.45, 2.75) is 34.1 Å². The zero-order chi connectivity index (χ0) is 14.0. The molecule has 2 heterocycles. The zero-order valence-corrected chi connectivity index (χ0v) is 13.5. The Labute approximate surface area is 123 Å². The molecule has 0 fully saturated rings. The summed E-state index contributed by atoms with van der Waals surface area (Å²) in [5.41, 5.74) is 0. The second-order valence-electron chi connectivity index (χ2n) is 5.03. The largest absolute Gasteiger partial charge is 0.356 e. The Kier molecular flexibility index (Phi) is 4.63. The van der Waals surface area contributed by atoms with Crippen molar-refractivity contribution in [1.82, 2.24) is 9.97 Å². The van der Waals surface area contributed by atoms with Crippen molar-refractivity contribution in [3.63, 3.8) is 0 Å². The van der Waals surface area contributed by atoms with E-state index in [4.69, 9.17) is 11.6 Å². The van der Waals surface area contributed by atoms with Crippen molar-refractivity contribution in [3.05, 3.63) is 16.2 Å². The molecule has 0 bridgehead atoms. The molecule has 0 unspecified atom stereocenters. The Morgan fingerprint density at radius 2 is 2.05 bits per heavy atom. The van der Waals surface area contributed by atoms with Gasteiger partial charge in [0.1, 0.15) is 10.6 Å². The molecule has 0 amide bonds. The van der Waals surface area contributed by atoms with Gasteiger partial charge in [0, 0.05) is 18.0 Å². The topological polar surface area (TPSA) is 29.0 Å². The molecule has 0 spiro atoms. The van der Waals surface area contributed by atoms with Gasteiger partial charge in [0.2, 0.25) is 5.28 Å². The molecule has 2 aromatic heterocycles. The van der Waals surface area contributed by atoms with Gasteiger partial charge in [-0.15, -0.1) is 11.3 Å². The van der Waals surface area contributed by atoms with Gasteiger partial charge in [0.15, 0.2) is 0 Å². The Bertz CT molecular complexity index is 565. The first-order valence-electron chi connectivity index (χ1n) is 6.76. The normalized spacial score (nSPS) is 11.5. The van der Waals surface area contributed by atoms with E-state index >= 15 is 0 Å². The predicted molar refractivity (Wildman–Crippen MR) is 84.5 cm³/mol. The maximum absolute atomic E-state index is 6.07. The molecule has 3 nitrogen and oxygen atoms in total. The third kappa shape index (κ3) is 3.18. The van der Waals surface area contributed by atoms with Gasteiger partial charge in [0.05, 0.1) is 5.39 Å². The maximum Gasteiger partial charge on any atom is 0.225 e. The van der Waals surface area contributed by atoms with Crippen LogP contribution >= 0.6 is 22.9 Å². The lowest BCUT2D eigenvalue weighted by atomic mass is 10.2. The van der Waals surface area contributed by atoms with Crippen molar-refractivity contribution in [2.24, 2.45) is 5.92 Å². The molecule has 19 heavy (non-hydrogen) atoms. The average Bonchev–Trinajstić information content (AvgIpc) is 2.77. The van der Waals surface area contributed by atoms with E-state index in [2.05, 4.69) is 48.6 Å². The van der Waals surface area contributed by atoms with Crippen molar-refractivity contribution in [1.29, 1.82) is 0 Å². The summed E-state index contributed by atoms with van der Waals surface area (Å²) in [5, 5.41) is 1.47. The summed E-state index contributed by atoms with van der Waals surface area (Å²) < 4.78 is 0. The molecule has 0 aliphatic rings. The first-order valence-corrected chi connectivity index (χ1v) is 7.95. The van der Waals surface area contributed by atoms with Gasteiger partial charge in [0.25, 0.3) is 0 Å². The zero-order valence-electron chi connectivity index (χ0n) is 11.9. The first-order chi connectivity index (χ1) is 9.05. The number of fused-ring (bicyclic) bond motifs is 1. The standard InChI is InChI=1S/C14H20ClN3S/c1-5-10-7-11-12(18(6-2)8-9(3)4)16-14(15)17-13(11)19-10/h7,9H,5-6,8H2,1-4H3. The summed E-state index contributed by atoms with van der Waals surface area (Å²) >= 11 is 7.78. The fourth-order valence-electron chi connectivity index (χ4n) is 2.15. The number of anilines is 1. The van der Waals surface area contributed by atoms with Gasteiger partial charge < -0.3 is 4.90 Å². The van der Waals surface area contributed by atoms with E-state index in [9.17, 15) is 0 Å². The summed E-state index contributed by atoms with van der Waals surface area (Å²) in [6.45, 7) is 10.7. The minimum atomic E-state index is 0.342. The molecule has 0 saturated heterocycles. The van der Waals surface area contributed by atoms with Gasteiger partial charge in [-0.25, -0.2) is 4.98 Å². The molecule has 2 rings (SSSR count). The van der Waals surface area contributed by atoms with Crippen LogP contribution in [-0.2, 0) is 6.42 Å². The number of rotatable bonds is 5. The first kappa shape index (κ1) is 14.5. The van der Waals surface area contributed by atoms with Crippen LogP contribution in [0.5, 0.6) is 0 Å². The quantitative estimate of drug-likeness (QED) is 0.767. The molecule has 0 aliphatic heterocycles. The van der Waals surface area contributed by atoms with Crippen LogP contribution in [-0.4, -0.2) is 23.1 Å². The van der Waals surface area contributed by atoms with E-state index in [-0.39, 0.29) is 0 Å². The van der Waals surface area contributed by atoms with Crippen LogP contribution in [0.15, 0.2) is 6.07 Å². The SMILES string of the molecule is CCc1cc2c(N(CC)CC(C)C)nc(Cl)nc2s1. The highest BCUT2D eigenvalue weighted by Crippen LogP contribution is 2.32. The van der Waals surface area contributed by atoms with Gasteiger partial charge in [-0.3, -0.25) is 0 Å². The van der Waals surface area contributed by atoms with Crippen molar-refractivity contribution >= 4 is 39.0 Å². The molecule has 0 aromatic carbocycles. The van der Waals surface area contributed by atoms with Crippen LogP contribution in [0, 0.1) is 5.92 Å². The van der Waals surface area contributed by atoms with E-state index in [1.54, 1.807) is 11.3 Å². The van der Waals surface area contributed by atoms with Crippen LogP contribution in [0.4, 0.5) is 5.82 Å². The Morgan fingerprint density at radius 3 is 2.63 bits per heavy atom. The van der Waals surface area contributed by atoms with E-state index in [0.717, 1.165) is 35.5 Å². The average molecular weight is 298 g/mol. The van der Waals surface area contributed by atoms with E-state index in [1.165, 1.54) is 4.88 Å². The molecule has 5 heteroatoms. The van der Waals surface area contributed by atoms with Crippen LogP contribution < -0.4 is 4.90 Å². The highest BCUT2D eigenvalue weighted by Gasteiger charge is 2.16. The summed E-state index contributed by atoms with van der Waals surface area (Å²) in [7, 11) is 0. The summed E-state index contributed by atoms with van der Waals surface area (Å²) in [6, 6.07) is 2.20. The van der Waals surface area contributed by atoms with Gasteiger partial charge in [-0.1, -0.05) is 20.8 Å². The molecular formula is C14H20ClN3S. The number of aryl methyl sites for hydroxylation is 1. The van der Waals surface area contributed by atoms with Gasteiger partial charge in [-0.05, 0) is 36.9 Å². The lowest BCUT2D eigenvalue weighted by molar-refractivity contribution is 0.615. The Balaban J connectivity index is 2.53. The lowest BCUT2D eigenvalue weighted by Gasteiger charge is -2.24. The molecule has 0 N–H and O–H groups in total. The van der Waals surface area contributed by atoms with E-state index in [0.29, 0.717) is 11.2 Å². The molecule has 0 atom stereocenters. The maximum atomic E-state index is 6.07. The second-order valence-corrected chi connectivity index (χ2v) is 6.49. The lowest BCUT2D eigenvalue weighted by Crippen LogP contribution is -2.28. The Morgan fingerprint density at radius 1 is 1.32 bits per heavy atom. The second kappa shape index (κ2) is 6.06. The molecular weight excluding hydrogens is 278 g/mol. The number of hydrogen-bond acceptors (Lipinski definition) is 4. The van der Waals surface area contributed by atoms with E-state index < -0.39 is 0 Å². The Hall–Kier alpha value is -0.870. The molecule has 0 saturated carbocycles. The number of hydrogen-bond donors (Lipinski definition) is 0. The summed E-state index contributed by atoms with van der Waals surface area (Å²) in [6.07, 6.45) is 1.02. The third-order valence-corrected chi connectivity index (χ3v) is 4.35. The summed E-state index contributed by atoms with van der Waals surface area (Å²) in [5.74, 6) is 1.56. The number of aromatic nitrogens is 2. The fourth-order valence-corrected chi connectivity index (χ4v) is 3.33. The van der Waals surface area contributed by atoms with Crippen molar-refractivity contribution in [3.8, 4) is 0 Å². The molecule has 0 aliphatic carbocycles. The number of nitrogens with zero attached hydrogens (tertiary/aromatic N) is 3. The molecule has 0 radical (unpaired) electrons. The number of thiophene rings is 1.